The van der Waals surface area contributed by atoms with Gasteiger partial charge in [-0.3, -0.25) is 24.5 Å². The summed E-state index contributed by atoms with van der Waals surface area (Å²) < 4.78 is 4.60. The Balaban J connectivity index is 1.89. The second kappa shape index (κ2) is 7.72. The van der Waals surface area contributed by atoms with Crippen molar-refractivity contribution in [3.8, 4) is 0 Å². The lowest BCUT2D eigenvalue weighted by molar-refractivity contribution is -0.144. The molecule has 1 aliphatic heterocycles. The first-order valence-electron chi connectivity index (χ1n) is 7.69. The van der Waals surface area contributed by atoms with E-state index < -0.39 is 5.92 Å². The Kier molecular flexibility index (Phi) is 5.68. The number of hydrogen-bond acceptors (Lipinski definition) is 5. The largest absolute Gasteiger partial charge is 0.469 e. The number of esters is 1. The zero-order valence-electron chi connectivity index (χ0n) is 13.6. The van der Waals surface area contributed by atoms with E-state index in [0.717, 1.165) is 5.56 Å². The molecule has 2 atom stereocenters. The molecule has 2 rings (SSSR count). The maximum atomic E-state index is 12.0. The third kappa shape index (κ3) is 4.41. The molecule has 0 aliphatic carbocycles. The molecule has 128 valence electrons. The second-order valence-corrected chi connectivity index (χ2v) is 5.85. The number of nitrogens with one attached hydrogen (secondary N) is 2. The summed E-state index contributed by atoms with van der Waals surface area (Å²) in [5.41, 5.74) is 1.34. The fourth-order valence-electron chi connectivity index (χ4n) is 2.48. The molecule has 1 aromatic rings. The average Bonchev–Trinajstić information content (AvgIpc) is 2.89. The van der Waals surface area contributed by atoms with Gasteiger partial charge in [0.25, 0.3) is 5.91 Å². The number of rotatable bonds is 6. The number of hydrogen-bond donors (Lipinski definition) is 2. The third-order valence-electron chi connectivity index (χ3n) is 3.94. The number of carbonyl (C=O) groups excluding carboxylic acids is 4. The number of methoxy groups -OCH3 is 1. The van der Waals surface area contributed by atoms with Crippen LogP contribution in [0.3, 0.4) is 0 Å². The average molecular weight is 332 g/mol. The van der Waals surface area contributed by atoms with Gasteiger partial charge in [-0.15, -0.1) is 0 Å². The number of imide groups is 1. The highest BCUT2D eigenvalue weighted by atomic mass is 16.5. The van der Waals surface area contributed by atoms with Gasteiger partial charge in [0.05, 0.1) is 18.9 Å². The van der Waals surface area contributed by atoms with Gasteiger partial charge in [-0.05, 0) is 24.1 Å². The standard InChI is InChI=1S/C17H20N2O5/c1-10(17(23)24-2)9-18-15(21)12-5-3-11(4-6-12)7-13-8-14(20)19-16(13)22/h3-6,10,13H,7-9H2,1-2H3,(H,18,21)(H,19,20,22). The molecule has 1 aromatic carbocycles. The van der Waals surface area contributed by atoms with Gasteiger partial charge < -0.3 is 10.1 Å². The van der Waals surface area contributed by atoms with Gasteiger partial charge in [0, 0.05) is 18.5 Å². The molecule has 1 fully saturated rings. The fourth-order valence-corrected chi connectivity index (χ4v) is 2.48. The van der Waals surface area contributed by atoms with Crippen molar-refractivity contribution in [1.29, 1.82) is 0 Å². The van der Waals surface area contributed by atoms with Crippen molar-refractivity contribution in [2.45, 2.75) is 19.8 Å². The monoisotopic (exact) mass is 332 g/mol. The van der Waals surface area contributed by atoms with Gasteiger partial charge in [0.2, 0.25) is 11.8 Å². The van der Waals surface area contributed by atoms with E-state index in [-0.39, 0.29) is 42.6 Å². The highest BCUT2D eigenvalue weighted by Gasteiger charge is 2.30. The van der Waals surface area contributed by atoms with Crippen molar-refractivity contribution in [3.05, 3.63) is 35.4 Å². The number of amides is 3. The van der Waals surface area contributed by atoms with Gasteiger partial charge in [0.15, 0.2) is 0 Å². The molecule has 3 amide bonds. The van der Waals surface area contributed by atoms with E-state index in [1.807, 2.05) is 0 Å². The van der Waals surface area contributed by atoms with Crippen LogP contribution in [0.5, 0.6) is 0 Å². The van der Waals surface area contributed by atoms with E-state index in [4.69, 9.17) is 0 Å². The molecule has 2 N–H and O–H groups in total. The van der Waals surface area contributed by atoms with Crippen LogP contribution in [0.2, 0.25) is 0 Å². The molecular formula is C17H20N2O5. The first-order chi connectivity index (χ1) is 11.4. The molecule has 0 aromatic heterocycles. The summed E-state index contributed by atoms with van der Waals surface area (Å²) >= 11 is 0. The summed E-state index contributed by atoms with van der Waals surface area (Å²) in [5, 5.41) is 4.95. The van der Waals surface area contributed by atoms with Gasteiger partial charge in [-0.2, -0.15) is 0 Å². The van der Waals surface area contributed by atoms with Crippen molar-refractivity contribution < 1.29 is 23.9 Å². The molecule has 0 radical (unpaired) electrons. The first-order valence-corrected chi connectivity index (χ1v) is 7.69. The minimum absolute atomic E-state index is 0.192. The van der Waals surface area contributed by atoms with E-state index in [2.05, 4.69) is 15.4 Å². The maximum absolute atomic E-state index is 12.0. The van der Waals surface area contributed by atoms with Gasteiger partial charge in [-0.25, -0.2) is 0 Å². The predicted octanol–water partition coefficient (Wildman–Crippen LogP) is 0.431. The lowest BCUT2D eigenvalue weighted by Gasteiger charge is -2.11. The highest BCUT2D eigenvalue weighted by molar-refractivity contribution is 6.03. The van der Waals surface area contributed by atoms with Crippen molar-refractivity contribution in [1.82, 2.24) is 10.6 Å². The molecule has 0 saturated carbocycles. The molecule has 0 spiro atoms. The Morgan fingerprint density at radius 3 is 2.50 bits per heavy atom. The highest BCUT2D eigenvalue weighted by Crippen LogP contribution is 2.17. The Labute approximate surface area is 139 Å². The molecule has 1 heterocycles. The van der Waals surface area contributed by atoms with Gasteiger partial charge in [-0.1, -0.05) is 19.1 Å². The van der Waals surface area contributed by atoms with Crippen LogP contribution in [-0.4, -0.2) is 37.3 Å². The van der Waals surface area contributed by atoms with Crippen LogP contribution in [0.25, 0.3) is 0 Å². The van der Waals surface area contributed by atoms with E-state index in [1.165, 1.54) is 7.11 Å². The Bertz CT molecular complexity index is 653. The Morgan fingerprint density at radius 1 is 1.29 bits per heavy atom. The third-order valence-corrected chi connectivity index (χ3v) is 3.94. The van der Waals surface area contributed by atoms with Crippen molar-refractivity contribution in [2.75, 3.05) is 13.7 Å². The second-order valence-electron chi connectivity index (χ2n) is 5.85. The first kappa shape index (κ1) is 17.7. The minimum atomic E-state index is -0.420. The van der Waals surface area contributed by atoms with Crippen LogP contribution < -0.4 is 10.6 Å². The zero-order chi connectivity index (χ0) is 17.7. The summed E-state index contributed by atoms with van der Waals surface area (Å²) in [7, 11) is 1.30. The van der Waals surface area contributed by atoms with E-state index in [0.29, 0.717) is 12.0 Å². The van der Waals surface area contributed by atoms with Crippen LogP contribution in [0.15, 0.2) is 24.3 Å². The zero-order valence-corrected chi connectivity index (χ0v) is 13.6. The lowest BCUT2D eigenvalue weighted by atomic mass is 9.97. The topological polar surface area (TPSA) is 102 Å². The number of carbonyl (C=O) groups is 4. The van der Waals surface area contributed by atoms with Gasteiger partial charge >= 0.3 is 5.97 Å². The summed E-state index contributed by atoms with van der Waals surface area (Å²) in [6.45, 7) is 1.86. The van der Waals surface area contributed by atoms with E-state index in [1.54, 1.807) is 31.2 Å². The van der Waals surface area contributed by atoms with Crippen LogP contribution in [0.1, 0.15) is 29.3 Å². The molecule has 7 heteroatoms. The van der Waals surface area contributed by atoms with Crippen LogP contribution in [-0.2, 0) is 25.5 Å². The van der Waals surface area contributed by atoms with E-state index in [9.17, 15) is 19.2 Å². The van der Waals surface area contributed by atoms with Crippen molar-refractivity contribution in [2.24, 2.45) is 11.8 Å². The number of benzene rings is 1. The minimum Gasteiger partial charge on any atom is -0.469 e. The van der Waals surface area contributed by atoms with Crippen LogP contribution >= 0.6 is 0 Å². The summed E-state index contributed by atoms with van der Waals surface area (Å²) in [6, 6.07) is 6.83. The molecule has 7 nitrogen and oxygen atoms in total. The van der Waals surface area contributed by atoms with Crippen molar-refractivity contribution in [3.63, 3.8) is 0 Å². The molecule has 2 unspecified atom stereocenters. The normalized spacial score (nSPS) is 18.0. The van der Waals surface area contributed by atoms with Crippen molar-refractivity contribution >= 4 is 23.7 Å². The SMILES string of the molecule is COC(=O)C(C)CNC(=O)c1ccc(CC2CC(=O)NC2=O)cc1. The molecular weight excluding hydrogens is 312 g/mol. The fraction of sp³-hybridized carbons (Fsp3) is 0.412. The van der Waals surface area contributed by atoms with Crippen LogP contribution in [0, 0.1) is 11.8 Å². The lowest BCUT2D eigenvalue weighted by Crippen LogP contribution is -2.32. The van der Waals surface area contributed by atoms with Crippen LogP contribution in [0.4, 0.5) is 0 Å². The maximum Gasteiger partial charge on any atom is 0.310 e. The molecule has 24 heavy (non-hydrogen) atoms. The quantitative estimate of drug-likeness (QED) is 0.581. The smallest absolute Gasteiger partial charge is 0.310 e. The molecule has 1 saturated heterocycles. The molecule has 0 bridgehead atoms. The summed E-state index contributed by atoms with van der Waals surface area (Å²) in [4.78, 5) is 46.1. The number of ether oxygens (including phenoxy) is 1. The summed E-state index contributed by atoms with van der Waals surface area (Å²) in [6.07, 6.45) is 0.658. The Hall–Kier alpha value is -2.70. The van der Waals surface area contributed by atoms with Gasteiger partial charge in [0.1, 0.15) is 0 Å². The van der Waals surface area contributed by atoms with E-state index >= 15 is 0 Å². The Morgan fingerprint density at radius 2 is 1.96 bits per heavy atom. The molecule has 1 aliphatic rings. The summed E-state index contributed by atoms with van der Waals surface area (Å²) in [5.74, 6) is -1.94. The predicted molar refractivity (Wildman–Crippen MR) is 84.9 cm³/mol.